The van der Waals surface area contributed by atoms with Crippen molar-refractivity contribution in [2.45, 2.75) is 44.4 Å². The molecule has 154 valence electrons. The van der Waals surface area contributed by atoms with Crippen LogP contribution in [0.3, 0.4) is 0 Å². The zero-order valence-electron chi connectivity index (χ0n) is 17.0. The van der Waals surface area contributed by atoms with Gasteiger partial charge in [-0.1, -0.05) is 19.1 Å². The summed E-state index contributed by atoms with van der Waals surface area (Å²) in [5.41, 5.74) is -0.831. The number of carbonyl (C=O) groups is 2. The molecule has 2 amide bonds. The minimum absolute atomic E-state index is 0.0125. The maximum absolute atomic E-state index is 14.3. The van der Waals surface area contributed by atoms with Crippen LogP contribution < -0.4 is 10.2 Å². The first kappa shape index (κ1) is 20.7. The average Bonchev–Trinajstić information content (AvgIpc) is 3.03. The van der Waals surface area contributed by atoms with E-state index < -0.39 is 23.5 Å². The number of benzene rings is 1. The Hall–Kier alpha value is -1.99. The Balaban J connectivity index is 1.86. The van der Waals surface area contributed by atoms with Gasteiger partial charge in [-0.2, -0.15) is 0 Å². The number of carbonyl (C=O) groups excluding carboxylic acids is 2. The smallest absolute Gasteiger partial charge is 0.259 e. The molecule has 0 unspecified atom stereocenters. The highest BCUT2D eigenvalue weighted by Gasteiger charge is 2.53. The van der Waals surface area contributed by atoms with Crippen molar-refractivity contribution in [1.82, 2.24) is 10.2 Å². The van der Waals surface area contributed by atoms with Crippen LogP contribution in [-0.2, 0) is 9.53 Å². The minimum atomic E-state index is -0.819. The number of nitrogens with one attached hydrogen (secondary N) is 2. The third-order valence-electron chi connectivity index (χ3n) is 5.87. The molecule has 1 aromatic carbocycles. The topological polar surface area (TPSA) is 63.1 Å². The SMILES string of the molecule is CC1CCC2(CC1)OC[C@@H](C(=O)NCC[NH+](C)C)N2C(=O)c1ccccc1F. The van der Waals surface area contributed by atoms with Crippen molar-refractivity contribution in [3.05, 3.63) is 35.6 Å². The van der Waals surface area contributed by atoms with E-state index in [0.717, 1.165) is 19.4 Å². The first-order chi connectivity index (χ1) is 13.3. The van der Waals surface area contributed by atoms with Crippen LogP contribution in [0.4, 0.5) is 4.39 Å². The van der Waals surface area contributed by atoms with Crippen LogP contribution in [-0.4, -0.2) is 62.3 Å². The molecule has 1 heterocycles. The van der Waals surface area contributed by atoms with Gasteiger partial charge in [-0.15, -0.1) is 0 Å². The number of hydrogen-bond donors (Lipinski definition) is 2. The summed E-state index contributed by atoms with van der Waals surface area (Å²) >= 11 is 0. The van der Waals surface area contributed by atoms with Gasteiger partial charge in [0.2, 0.25) is 5.91 Å². The van der Waals surface area contributed by atoms with E-state index in [0.29, 0.717) is 25.3 Å². The van der Waals surface area contributed by atoms with Crippen LogP contribution >= 0.6 is 0 Å². The van der Waals surface area contributed by atoms with E-state index >= 15 is 0 Å². The first-order valence-electron chi connectivity index (χ1n) is 10.1. The van der Waals surface area contributed by atoms with Crippen LogP contribution in [0.2, 0.25) is 0 Å². The Morgan fingerprint density at radius 1 is 1.29 bits per heavy atom. The predicted molar refractivity (Wildman–Crippen MR) is 103 cm³/mol. The van der Waals surface area contributed by atoms with Gasteiger partial charge in [-0.3, -0.25) is 14.5 Å². The van der Waals surface area contributed by atoms with Crippen LogP contribution in [0.1, 0.15) is 43.0 Å². The molecule has 3 rings (SSSR count). The molecule has 1 aliphatic carbocycles. The van der Waals surface area contributed by atoms with Gasteiger partial charge in [0, 0.05) is 0 Å². The fourth-order valence-electron chi connectivity index (χ4n) is 4.10. The molecule has 2 aliphatic rings. The lowest BCUT2D eigenvalue weighted by Gasteiger charge is -2.43. The monoisotopic (exact) mass is 392 g/mol. The Kier molecular flexibility index (Phi) is 6.35. The molecule has 6 nitrogen and oxygen atoms in total. The molecular weight excluding hydrogens is 361 g/mol. The van der Waals surface area contributed by atoms with Crippen LogP contribution in [0.5, 0.6) is 0 Å². The molecule has 1 saturated carbocycles. The highest BCUT2D eigenvalue weighted by molar-refractivity contribution is 5.98. The molecule has 1 spiro atoms. The first-order valence-corrected chi connectivity index (χ1v) is 10.1. The lowest BCUT2D eigenvalue weighted by molar-refractivity contribution is -0.856. The van der Waals surface area contributed by atoms with Crippen molar-refractivity contribution in [2.75, 3.05) is 33.8 Å². The molecule has 1 aromatic rings. The highest BCUT2D eigenvalue weighted by Crippen LogP contribution is 2.43. The van der Waals surface area contributed by atoms with Gasteiger partial charge >= 0.3 is 0 Å². The summed E-state index contributed by atoms with van der Waals surface area (Å²) in [6.07, 6.45) is 3.17. The standard InChI is InChI=1S/C21H30FN3O3/c1-15-8-10-21(11-9-15)25(20(27)16-6-4-5-7-17(16)22)18(14-28-21)19(26)23-12-13-24(2)3/h4-7,15,18H,8-14H2,1-3H3,(H,23,26)/p+1/t15?,18-,21?/m0/s1. The van der Waals surface area contributed by atoms with Crippen LogP contribution in [0.15, 0.2) is 24.3 Å². The molecule has 0 bridgehead atoms. The molecule has 1 atom stereocenters. The number of amides is 2. The summed E-state index contributed by atoms with van der Waals surface area (Å²) in [5, 5.41) is 2.91. The van der Waals surface area contributed by atoms with Gasteiger partial charge < -0.3 is 15.0 Å². The second-order valence-electron chi connectivity index (χ2n) is 8.36. The fourth-order valence-corrected chi connectivity index (χ4v) is 4.10. The van der Waals surface area contributed by atoms with Crippen molar-refractivity contribution in [2.24, 2.45) is 5.92 Å². The van der Waals surface area contributed by atoms with E-state index in [2.05, 4.69) is 12.2 Å². The minimum Gasteiger partial charge on any atom is -0.353 e. The van der Waals surface area contributed by atoms with Crippen molar-refractivity contribution in [1.29, 1.82) is 0 Å². The Morgan fingerprint density at radius 3 is 2.61 bits per heavy atom. The Morgan fingerprint density at radius 2 is 1.96 bits per heavy atom. The molecule has 1 saturated heterocycles. The number of quaternary nitrogens is 1. The zero-order valence-corrected chi connectivity index (χ0v) is 17.0. The quantitative estimate of drug-likeness (QED) is 0.781. The van der Waals surface area contributed by atoms with E-state index in [1.807, 2.05) is 14.1 Å². The third kappa shape index (κ3) is 4.20. The third-order valence-corrected chi connectivity index (χ3v) is 5.87. The Labute approximate surface area is 166 Å². The zero-order chi connectivity index (χ0) is 20.3. The molecule has 0 radical (unpaired) electrons. The largest absolute Gasteiger partial charge is 0.353 e. The van der Waals surface area contributed by atoms with Crippen LogP contribution in [0, 0.1) is 11.7 Å². The number of nitrogens with zero attached hydrogens (tertiary/aromatic N) is 1. The molecule has 2 fully saturated rings. The number of halogens is 1. The van der Waals surface area contributed by atoms with E-state index in [1.54, 1.807) is 12.1 Å². The number of ether oxygens (including phenoxy) is 1. The van der Waals surface area contributed by atoms with E-state index in [9.17, 15) is 14.0 Å². The average molecular weight is 392 g/mol. The summed E-state index contributed by atoms with van der Waals surface area (Å²) in [6.45, 7) is 3.63. The second-order valence-corrected chi connectivity index (χ2v) is 8.36. The van der Waals surface area contributed by atoms with Gasteiger partial charge in [0.1, 0.15) is 17.6 Å². The second kappa shape index (κ2) is 8.57. The van der Waals surface area contributed by atoms with Gasteiger partial charge in [0.25, 0.3) is 5.91 Å². The van der Waals surface area contributed by atoms with E-state index in [-0.39, 0.29) is 18.1 Å². The molecule has 2 N–H and O–H groups in total. The van der Waals surface area contributed by atoms with E-state index in [1.165, 1.54) is 21.9 Å². The van der Waals surface area contributed by atoms with Crippen molar-refractivity contribution in [3.63, 3.8) is 0 Å². The van der Waals surface area contributed by atoms with Gasteiger partial charge in [-0.25, -0.2) is 4.39 Å². The van der Waals surface area contributed by atoms with E-state index in [4.69, 9.17) is 4.74 Å². The molecule has 0 aromatic heterocycles. The predicted octanol–water partition coefficient (Wildman–Crippen LogP) is 0.834. The van der Waals surface area contributed by atoms with Gasteiger partial charge in [0.15, 0.2) is 0 Å². The number of likely N-dealkylation sites (N-methyl/N-ethyl adjacent to an activating group) is 1. The number of hydrogen-bond acceptors (Lipinski definition) is 3. The summed E-state index contributed by atoms with van der Waals surface area (Å²) < 4.78 is 20.4. The van der Waals surface area contributed by atoms with Crippen LogP contribution in [0.25, 0.3) is 0 Å². The van der Waals surface area contributed by atoms with Crippen molar-refractivity contribution in [3.8, 4) is 0 Å². The summed E-state index contributed by atoms with van der Waals surface area (Å²) in [7, 11) is 4.02. The lowest BCUT2D eigenvalue weighted by atomic mass is 9.83. The fraction of sp³-hybridized carbons (Fsp3) is 0.619. The molecular formula is C21H31FN3O3+. The highest BCUT2D eigenvalue weighted by atomic mass is 19.1. The molecule has 1 aliphatic heterocycles. The maximum Gasteiger partial charge on any atom is 0.259 e. The summed E-state index contributed by atoms with van der Waals surface area (Å²) in [5.74, 6) is -0.727. The van der Waals surface area contributed by atoms with Crippen molar-refractivity contribution < 1.29 is 23.6 Å². The molecule has 7 heteroatoms. The summed E-state index contributed by atoms with van der Waals surface area (Å²) in [6, 6.07) is 5.20. The normalized spacial score (nSPS) is 27.4. The lowest BCUT2D eigenvalue weighted by Crippen LogP contribution is -3.06. The molecule has 28 heavy (non-hydrogen) atoms. The van der Waals surface area contributed by atoms with Gasteiger partial charge in [0.05, 0.1) is 39.4 Å². The number of rotatable bonds is 5. The maximum atomic E-state index is 14.3. The van der Waals surface area contributed by atoms with Crippen molar-refractivity contribution >= 4 is 11.8 Å². The Bertz CT molecular complexity index is 717. The van der Waals surface area contributed by atoms with Gasteiger partial charge in [-0.05, 0) is 43.7 Å². The summed E-state index contributed by atoms with van der Waals surface area (Å²) in [4.78, 5) is 28.9.